The van der Waals surface area contributed by atoms with Crippen LogP contribution in [0.15, 0.2) is 29.3 Å². The van der Waals surface area contributed by atoms with Crippen LogP contribution in [0.5, 0.6) is 11.5 Å². The van der Waals surface area contributed by atoms with Gasteiger partial charge in [-0.1, -0.05) is 18.6 Å². The van der Waals surface area contributed by atoms with Crippen LogP contribution in [0.2, 0.25) is 0 Å². The average Bonchev–Trinajstić information content (AvgIpc) is 2.43. The zero-order valence-electron chi connectivity index (χ0n) is 11.8. The highest BCUT2D eigenvalue weighted by atomic mass is 16.5. The van der Waals surface area contributed by atoms with Gasteiger partial charge in [0.05, 0.1) is 14.2 Å². The molecule has 0 aliphatic carbocycles. The lowest BCUT2D eigenvalue weighted by Crippen LogP contribution is -2.05. The third-order valence-electron chi connectivity index (χ3n) is 3.20. The molecule has 4 heteroatoms. The van der Waals surface area contributed by atoms with Gasteiger partial charge in [0.15, 0.2) is 0 Å². The number of rotatable bonds is 6. The highest BCUT2D eigenvalue weighted by Crippen LogP contribution is 2.31. The van der Waals surface area contributed by atoms with Gasteiger partial charge in [0.2, 0.25) is 0 Å². The Morgan fingerprint density at radius 2 is 1.74 bits per heavy atom. The van der Waals surface area contributed by atoms with Crippen LogP contribution in [0.25, 0.3) is 0 Å². The molecule has 0 aliphatic heterocycles. The number of allylic oxidation sites excluding steroid dienone is 1. The number of hydrogen-bond acceptors (Lipinski definition) is 3. The quantitative estimate of drug-likeness (QED) is 0.802. The molecule has 19 heavy (non-hydrogen) atoms. The molecule has 0 unspecified atom stereocenters. The van der Waals surface area contributed by atoms with E-state index in [-0.39, 0.29) is 0 Å². The largest absolute Gasteiger partial charge is 0.496 e. The molecule has 1 N–H and O–H groups in total. The number of methoxy groups -OCH3 is 2. The maximum Gasteiger partial charge on any atom is 0.331 e. The van der Waals surface area contributed by atoms with Crippen LogP contribution >= 0.6 is 0 Å². The Morgan fingerprint density at radius 1 is 1.21 bits per heavy atom. The minimum absolute atomic E-state index is 0.385. The molecule has 1 aromatic carbocycles. The maximum absolute atomic E-state index is 11.1. The summed E-state index contributed by atoms with van der Waals surface area (Å²) in [7, 11) is 3.19. The number of aliphatic carboxylic acids is 1. The summed E-state index contributed by atoms with van der Waals surface area (Å²) < 4.78 is 10.6. The van der Waals surface area contributed by atoms with E-state index >= 15 is 0 Å². The molecule has 0 heterocycles. The molecule has 1 aromatic rings. The molecule has 0 aromatic heterocycles. The first-order valence-corrected chi connectivity index (χ1v) is 6.16. The van der Waals surface area contributed by atoms with E-state index in [1.165, 1.54) is 0 Å². The third-order valence-corrected chi connectivity index (χ3v) is 3.20. The van der Waals surface area contributed by atoms with E-state index < -0.39 is 5.97 Å². The Morgan fingerprint density at radius 3 is 2.11 bits per heavy atom. The Hall–Kier alpha value is -1.97. The molecule has 0 aliphatic rings. The molecule has 0 amide bonds. The molecule has 0 spiro atoms. The van der Waals surface area contributed by atoms with Crippen molar-refractivity contribution < 1.29 is 19.4 Å². The molecule has 4 nitrogen and oxygen atoms in total. The summed E-state index contributed by atoms with van der Waals surface area (Å²) in [5.74, 6) is 0.540. The van der Waals surface area contributed by atoms with Crippen molar-refractivity contribution in [3.63, 3.8) is 0 Å². The smallest absolute Gasteiger partial charge is 0.331 e. The Kier molecular flexibility index (Phi) is 5.42. The highest BCUT2D eigenvalue weighted by Gasteiger charge is 2.14. The molecule has 0 bridgehead atoms. The fourth-order valence-corrected chi connectivity index (χ4v) is 1.99. The van der Waals surface area contributed by atoms with Crippen LogP contribution in [-0.2, 0) is 11.2 Å². The number of ether oxygens (including phenoxy) is 2. The molecular weight excluding hydrogens is 244 g/mol. The minimum Gasteiger partial charge on any atom is -0.496 e. The lowest BCUT2D eigenvalue weighted by molar-refractivity contribution is -0.132. The molecule has 0 fully saturated rings. The van der Waals surface area contributed by atoms with Crippen molar-refractivity contribution >= 4 is 5.97 Å². The maximum atomic E-state index is 11.1. The monoisotopic (exact) mass is 264 g/mol. The molecule has 0 saturated carbocycles. The van der Waals surface area contributed by atoms with Crippen LogP contribution < -0.4 is 9.47 Å². The fourth-order valence-electron chi connectivity index (χ4n) is 1.99. The first kappa shape index (κ1) is 15.1. The first-order chi connectivity index (χ1) is 9.04. The summed E-state index contributed by atoms with van der Waals surface area (Å²) in [6.07, 6.45) is 1.20. The summed E-state index contributed by atoms with van der Waals surface area (Å²) in [5.41, 5.74) is 2.13. The average molecular weight is 264 g/mol. The SMILES string of the molecule is CC/C(Cc1c(OC)cccc1OC)=C(/C)C(=O)O. The summed E-state index contributed by atoms with van der Waals surface area (Å²) >= 11 is 0. The van der Waals surface area contributed by atoms with Gasteiger partial charge in [0, 0.05) is 17.6 Å². The van der Waals surface area contributed by atoms with Crippen molar-refractivity contribution in [1.29, 1.82) is 0 Å². The van der Waals surface area contributed by atoms with Crippen molar-refractivity contribution in [2.45, 2.75) is 26.7 Å². The predicted octanol–water partition coefficient (Wildman–Crippen LogP) is 3.06. The van der Waals surface area contributed by atoms with Crippen molar-refractivity contribution in [3.8, 4) is 11.5 Å². The molecule has 0 atom stereocenters. The summed E-state index contributed by atoms with van der Waals surface area (Å²) in [6, 6.07) is 5.54. The van der Waals surface area contributed by atoms with Crippen molar-refractivity contribution in [2.24, 2.45) is 0 Å². The van der Waals surface area contributed by atoms with Crippen molar-refractivity contribution in [1.82, 2.24) is 0 Å². The van der Waals surface area contributed by atoms with Gasteiger partial charge < -0.3 is 14.6 Å². The normalized spacial score (nSPS) is 11.8. The topological polar surface area (TPSA) is 55.8 Å². The van der Waals surface area contributed by atoms with E-state index in [1.807, 2.05) is 25.1 Å². The number of carboxylic acid groups (broad SMARTS) is 1. The molecule has 1 rings (SSSR count). The van der Waals surface area contributed by atoms with E-state index in [1.54, 1.807) is 21.1 Å². The van der Waals surface area contributed by atoms with Crippen LogP contribution in [0, 0.1) is 0 Å². The Bertz CT molecular complexity index is 467. The highest BCUT2D eigenvalue weighted by molar-refractivity contribution is 5.86. The third kappa shape index (κ3) is 3.50. The van der Waals surface area contributed by atoms with Crippen molar-refractivity contribution in [3.05, 3.63) is 34.9 Å². The number of benzene rings is 1. The summed E-state index contributed by atoms with van der Waals surface area (Å²) in [6.45, 7) is 3.58. The number of carbonyl (C=O) groups is 1. The zero-order valence-corrected chi connectivity index (χ0v) is 11.8. The van der Waals surface area contributed by atoms with Gasteiger partial charge >= 0.3 is 5.97 Å². The van der Waals surface area contributed by atoms with E-state index in [2.05, 4.69) is 0 Å². The van der Waals surface area contributed by atoms with E-state index in [4.69, 9.17) is 14.6 Å². The molecule has 0 radical (unpaired) electrons. The van der Waals surface area contributed by atoms with Gasteiger partial charge in [0.1, 0.15) is 11.5 Å². The van der Waals surface area contributed by atoms with Gasteiger partial charge in [-0.15, -0.1) is 0 Å². The van der Waals surface area contributed by atoms with E-state index in [0.29, 0.717) is 29.9 Å². The molecule has 104 valence electrons. The van der Waals surface area contributed by atoms with Crippen LogP contribution in [0.1, 0.15) is 25.8 Å². The molecular formula is C15H20O4. The van der Waals surface area contributed by atoms with Crippen LogP contribution in [0.4, 0.5) is 0 Å². The van der Waals surface area contributed by atoms with Crippen LogP contribution in [0.3, 0.4) is 0 Å². The second kappa shape index (κ2) is 6.83. The van der Waals surface area contributed by atoms with Gasteiger partial charge in [-0.2, -0.15) is 0 Å². The van der Waals surface area contributed by atoms with E-state index in [0.717, 1.165) is 11.1 Å². The standard InChI is InChI=1S/C15H20O4/c1-5-11(10(2)15(16)17)9-12-13(18-3)7-6-8-14(12)19-4/h6-8H,5,9H2,1-4H3,(H,16,17)/b11-10+. The second-order valence-electron chi connectivity index (χ2n) is 4.21. The van der Waals surface area contributed by atoms with Gasteiger partial charge in [0.25, 0.3) is 0 Å². The number of hydrogen-bond donors (Lipinski definition) is 1. The lowest BCUT2D eigenvalue weighted by Gasteiger charge is -2.15. The van der Waals surface area contributed by atoms with Gasteiger partial charge in [-0.3, -0.25) is 0 Å². The Balaban J connectivity index is 3.23. The minimum atomic E-state index is -0.884. The second-order valence-corrected chi connectivity index (χ2v) is 4.21. The molecule has 0 saturated heterocycles. The van der Waals surface area contributed by atoms with Gasteiger partial charge in [-0.05, 0) is 25.5 Å². The van der Waals surface area contributed by atoms with E-state index in [9.17, 15) is 4.79 Å². The lowest BCUT2D eigenvalue weighted by atomic mass is 9.97. The van der Waals surface area contributed by atoms with Crippen molar-refractivity contribution in [2.75, 3.05) is 14.2 Å². The Labute approximate surface area is 113 Å². The summed E-state index contributed by atoms with van der Waals surface area (Å²) in [4.78, 5) is 11.1. The first-order valence-electron chi connectivity index (χ1n) is 6.16. The fraction of sp³-hybridized carbons (Fsp3) is 0.400. The number of carboxylic acids is 1. The van der Waals surface area contributed by atoms with Gasteiger partial charge in [-0.25, -0.2) is 4.79 Å². The summed E-state index contributed by atoms with van der Waals surface area (Å²) in [5, 5.41) is 9.09. The zero-order chi connectivity index (χ0) is 14.4. The van der Waals surface area contributed by atoms with Crippen LogP contribution in [-0.4, -0.2) is 25.3 Å². The predicted molar refractivity (Wildman–Crippen MR) is 73.9 cm³/mol.